The number of ether oxygens (including phenoxy) is 5. The van der Waals surface area contributed by atoms with Gasteiger partial charge in [0.25, 0.3) is 0 Å². The zero-order valence-electron chi connectivity index (χ0n) is 15.7. The summed E-state index contributed by atoms with van der Waals surface area (Å²) in [7, 11) is 5.02. The maximum Gasteiger partial charge on any atom is 0.167 e. The lowest BCUT2D eigenvalue weighted by molar-refractivity contribution is -0.283. The molecule has 1 saturated heterocycles. The predicted octanol–water partition coefficient (Wildman–Crippen LogP) is 3.71. The second-order valence-electron chi connectivity index (χ2n) is 6.54. The van der Waals surface area contributed by atoms with Crippen LogP contribution >= 0.6 is 0 Å². The number of benzene rings is 1. The van der Waals surface area contributed by atoms with Crippen LogP contribution in [0.5, 0.6) is 5.75 Å². The van der Waals surface area contributed by atoms with Crippen LogP contribution < -0.4 is 4.74 Å². The lowest BCUT2D eigenvalue weighted by Crippen LogP contribution is -2.47. The van der Waals surface area contributed by atoms with Crippen molar-refractivity contribution in [2.75, 3.05) is 21.3 Å². The lowest BCUT2D eigenvalue weighted by atomic mass is 9.95. The fraction of sp³-hybridized carbons (Fsp3) is 0.600. The summed E-state index contributed by atoms with van der Waals surface area (Å²) >= 11 is 0. The van der Waals surface area contributed by atoms with Gasteiger partial charge in [-0.05, 0) is 24.6 Å². The van der Waals surface area contributed by atoms with Gasteiger partial charge in [0.05, 0.1) is 32.0 Å². The van der Waals surface area contributed by atoms with E-state index in [1.165, 1.54) is 0 Å². The van der Waals surface area contributed by atoms with E-state index in [1.54, 1.807) is 27.4 Å². The van der Waals surface area contributed by atoms with E-state index in [4.69, 9.17) is 23.7 Å². The second-order valence-corrected chi connectivity index (χ2v) is 6.54. The molecule has 4 atom stereocenters. The molecule has 0 amide bonds. The molecule has 1 heterocycles. The molecule has 0 spiro atoms. The van der Waals surface area contributed by atoms with Gasteiger partial charge in [0.15, 0.2) is 5.79 Å². The maximum absolute atomic E-state index is 6.15. The van der Waals surface area contributed by atoms with E-state index >= 15 is 0 Å². The molecule has 5 heteroatoms. The van der Waals surface area contributed by atoms with Gasteiger partial charge < -0.3 is 23.7 Å². The third kappa shape index (κ3) is 5.82. The highest BCUT2D eigenvalue weighted by Crippen LogP contribution is 2.33. The molecule has 0 unspecified atom stereocenters. The molecule has 0 saturated carbocycles. The van der Waals surface area contributed by atoms with Gasteiger partial charge >= 0.3 is 0 Å². The smallest absolute Gasteiger partial charge is 0.167 e. The van der Waals surface area contributed by atoms with E-state index in [9.17, 15) is 0 Å². The standard InChI is InChI=1S/C20H30O5/c1-6-16(21-3)11-18-12-19(13-20(2,23-5)25-18)24-14-15-7-9-17(22-4)10-8-15/h6-10,16,18-19H,1,11-14H2,2-5H3/t16-,18-,19+,20+/m0/s1. The van der Waals surface area contributed by atoms with Crippen molar-refractivity contribution < 1.29 is 23.7 Å². The van der Waals surface area contributed by atoms with Crippen molar-refractivity contribution in [2.24, 2.45) is 0 Å². The number of hydrogen-bond acceptors (Lipinski definition) is 5. The second kappa shape index (κ2) is 9.34. The Balaban J connectivity index is 1.96. The van der Waals surface area contributed by atoms with Crippen molar-refractivity contribution in [3.8, 4) is 5.75 Å². The van der Waals surface area contributed by atoms with Crippen LogP contribution in [0.2, 0.25) is 0 Å². The first-order valence-electron chi connectivity index (χ1n) is 8.64. The summed E-state index contributed by atoms with van der Waals surface area (Å²) in [4.78, 5) is 0. The summed E-state index contributed by atoms with van der Waals surface area (Å²) in [6, 6.07) is 7.92. The Kier molecular flexibility index (Phi) is 7.44. The van der Waals surface area contributed by atoms with Crippen LogP contribution in [-0.4, -0.2) is 45.4 Å². The molecule has 1 fully saturated rings. The number of rotatable bonds is 9. The van der Waals surface area contributed by atoms with E-state index in [2.05, 4.69) is 6.58 Å². The molecular weight excluding hydrogens is 320 g/mol. The maximum atomic E-state index is 6.15. The first-order valence-corrected chi connectivity index (χ1v) is 8.64. The minimum absolute atomic E-state index is 0.00233. The first-order chi connectivity index (χ1) is 12.0. The minimum atomic E-state index is -0.646. The van der Waals surface area contributed by atoms with Crippen LogP contribution in [0.3, 0.4) is 0 Å². The van der Waals surface area contributed by atoms with Crippen molar-refractivity contribution in [1.29, 1.82) is 0 Å². The number of methoxy groups -OCH3 is 3. The highest BCUT2D eigenvalue weighted by atomic mass is 16.7. The Hall–Kier alpha value is -1.40. The molecule has 0 aliphatic carbocycles. The van der Waals surface area contributed by atoms with Crippen molar-refractivity contribution in [2.45, 2.75) is 56.9 Å². The molecule has 0 bridgehead atoms. The molecule has 5 nitrogen and oxygen atoms in total. The average molecular weight is 350 g/mol. The van der Waals surface area contributed by atoms with Gasteiger partial charge in [-0.1, -0.05) is 18.2 Å². The summed E-state index contributed by atoms with van der Waals surface area (Å²) in [6.45, 7) is 6.32. The summed E-state index contributed by atoms with van der Waals surface area (Å²) in [5, 5.41) is 0. The molecule has 1 aromatic carbocycles. The van der Waals surface area contributed by atoms with Crippen LogP contribution in [0, 0.1) is 0 Å². The third-order valence-corrected chi connectivity index (χ3v) is 4.68. The van der Waals surface area contributed by atoms with E-state index in [1.807, 2.05) is 31.2 Å². The van der Waals surface area contributed by atoms with Crippen molar-refractivity contribution in [3.05, 3.63) is 42.5 Å². The minimum Gasteiger partial charge on any atom is -0.497 e. The van der Waals surface area contributed by atoms with Gasteiger partial charge in [-0.25, -0.2) is 0 Å². The van der Waals surface area contributed by atoms with Gasteiger partial charge in [-0.3, -0.25) is 0 Å². The van der Waals surface area contributed by atoms with Gasteiger partial charge in [0, 0.05) is 33.5 Å². The van der Waals surface area contributed by atoms with Crippen LogP contribution in [0.1, 0.15) is 31.7 Å². The highest BCUT2D eigenvalue weighted by Gasteiger charge is 2.39. The van der Waals surface area contributed by atoms with Crippen LogP contribution in [0.4, 0.5) is 0 Å². The Labute approximate surface area is 150 Å². The zero-order valence-corrected chi connectivity index (χ0v) is 15.7. The number of hydrogen-bond donors (Lipinski definition) is 0. The van der Waals surface area contributed by atoms with Crippen molar-refractivity contribution in [3.63, 3.8) is 0 Å². The molecule has 140 valence electrons. The average Bonchev–Trinajstić information content (AvgIpc) is 2.64. The molecule has 25 heavy (non-hydrogen) atoms. The van der Waals surface area contributed by atoms with E-state index in [0.717, 1.165) is 24.2 Å². The normalized spacial score (nSPS) is 27.7. The lowest BCUT2D eigenvalue weighted by Gasteiger charge is -2.42. The molecule has 0 aromatic heterocycles. The van der Waals surface area contributed by atoms with Gasteiger partial charge in [0.1, 0.15) is 5.75 Å². The molecule has 0 N–H and O–H groups in total. The fourth-order valence-electron chi connectivity index (χ4n) is 3.13. The molecule has 1 aliphatic rings. The Bertz CT molecular complexity index is 529. The summed E-state index contributed by atoms with van der Waals surface area (Å²) < 4.78 is 28.4. The summed E-state index contributed by atoms with van der Waals surface area (Å²) in [5.74, 6) is 0.198. The van der Waals surface area contributed by atoms with E-state index < -0.39 is 5.79 Å². The molecule has 1 aliphatic heterocycles. The van der Waals surface area contributed by atoms with E-state index in [0.29, 0.717) is 13.0 Å². The van der Waals surface area contributed by atoms with Crippen LogP contribution in [-0.2, 0) is 25.6 Å². The van der Waals surface area contributed by atoms with Gasteiger partial charge in [-0.15, -0.1) is 6.58 Å². The molecular formula is C20H30O5. The third-order valence-electron chi connectivity index (χ3n) is 4.68. The Morgan fingerprint density at radius 3 is 2.56 bits per heavy atom. The summed E-state index contributed by atoms with van der Waals surface area (Å²) in [5.41, 5.74) is 1.11. The van der Waals surface area contributed by atoms with Crippen LogP contribution in [0.25, 0.3) is 0 Å². The zero-order chi connectivity index (χ0) is 18.3. The Morgan fingerprint density at radius 2 is 2.00 bits per heavy atom. The van der Waals surface area contributed by atoms with Crippen molar-refractivity contribution in [1.82, 2.24) is 0 Å². The largest absolute Gasteiger partial charge is 0.497 e. The SMILES string of the molecule is C=C[C@@H](C[C@H]1C[C@@H](OCc2ccc(OC)cc2)C[C@](C)(OC)O1)OC. The quantitative estimate of drug-likeness (QED) is 0.635. The van der Waals surface area contributed by atoms with Crippen LogP contribution in [0.15, 0.2) is 36.9 Å². The summed E-state index contributed by atoms with van der Waals surface area (Å²) in [6.07, 6.45) is 4.07. The monoisotopic (exact) mass is 350 g/mol. The predicted molar refractivity (Wildman–Crippen MR) is 96.7 cm³/mol. The van der Waals surface area contributed by atoms with Crippen molar-refractivity contribution >= 4 is 0 Å². The molecule has 0 radical (unpaired) electrons. The Morgan fingerprint density at radius 1 is 1.28 bits per heavy atom. The molecule has 2 rings (SSSR count). The topological polar surface area (TPSA) is 46.2 Å². The van der Waals surface area contributed by atoms with Gasteiger partial charge in [0.2, 0.25) is 0 Å². The molecule has 1 aromatic rings. The van der Waals surface area contributed by atoms with Gasteiger partial charge in [-0.2, -0.15) is 0 Å². The fourth-order valence-corrected chi connectivity index (χ4v) is 3.13. The highest BCUT2D eigenvalue weighted by molar-refractivity contribution is 5.26. The first kappa shape index (κ1) is 19.9. The van der Waals surface area contributed by atoms with E-state index in [-0.39, 0.29) is 18.3 Å².